The highest BCUT2D eigenvalue weighted by atomic mass is 32.2. The number of benzene rings is 1. The molecule has 0 spiro atoms. The van der Waals surface area contributed by atoms with Gasteiger partial charge in [0.2, 0.25) is 10.0 Å². The molecule has 0 radical (unpaired) electrons. The second-order valence-corrected chi connectivity index (χ2v) is 6.47. The molecule has 5 nitrogen and oxygen atoms in total. The molecule has 0 aliphatic carbocycles. The van der Waals surface area contributed by atoms with Crippen molar-refractivity contribution in [1.29, 1.82) is 0 Å². The van der Waals surface area contributed by atoms with Crippen molar-refractivity contribution in [2.75, 3.05) is 6.61 Å². The Morgan fingerprint density at radius 3 is 2.50 bits per heavy atom. The maximum Gasteiger partial charge on any atom is 0.338 e. The molecule has 0 aliphatic rings. The van der Waals surface area contributed by atoms with Gasteiger partial charge in [0.1, 0.15) is 5.82 Å². The van der Waals surface area contributed by atoms with Crippen molar-refractivity contribution < 1.29 is 22.3 Å². The van der Waals surface area contributed by atoms with E-state index in [1.165, 1.54) is 6.92 Å². The molecule has 0 aromatic heterocycles. The number of carbonyl (C=O) groups excluding carboxylic acids is 1. The molecule has 112 valence electrons. The number of halogens is 1. The molecule has 1 rings (SSSR count). The van der Waals surface area contributed by atoms with Gasteiger partial charge in [-0.3, -0.25) is 0 Å². The highest BCUT2D eigenvalue weighted by Gasteiger charge is 2.19. The molecule has 0 unspecified atom stereocenters. The lowest BCUT2D eigenvalue weighted by Crippen LogP contribution is -2.16. The highest BCUT2D eigenvalue weighted by molar-refractivity contribution is 7.89. The second-order valence-electron chi connectivity index (χ2n) is 4.94. The van der Waals surface area contributed by atoms with E-state index in [-0.39, 0.29) is 17.7 Å². The van der Waals surface area contributed by atoms with Crippen molar-refractivity contribution in [2.45, 2.75) is 32.1 Å². The molecule has 0 heterocycles. The minimum Gasteiger partial charge on any atom is -0.462 e. The quantitative estimate of drug-likeness (QED) is 0.843. The maximum atomic E-state index is 13.7. The molecule has 2 N–H and O–H groups in total. The van der Waals surface area contributed by atoms with Crippen molar-refractivity contribution in [3.05, 3.63) is 29.1 Å². The summed E-state index contributed by atoms with van der Waals surface area (Å²) in [6.07, 6.45) is 0.669. The van der Waals surface area contributed by atoms with Crippen LogP contribution >= 0.6 is 0 Å². The second kappa shape index (κ2) is 6.32. The van der Waals surface area contributed by atoms with Gasteiger partial charge in [-0.1, -0.05) is 13.8 Å². The van der Waals surface area contributed by atoms with Crippen LogP contribution in [-0.2, 0) is 14.8 Å². The van der Waals surface area contributed by atoms with E-state index < -0.39 is 26.7 Å². The minimum atomic E-state index is -4.09. The summed E-state index contributed by atoms with van der Waals surface area (Å²) in [4.78, 5) is 11.3. The van der Waals surface area contributed by atoms with E-state index in [1.807, 2.05) is 13.8 Å². The zero-order chi connectivity index (χ0) is 15.5. The van der Waals surface area contributed by atoms with Gasteiger partial charge in [-0.2, -0.15) is 0 Å². The lowest BCUT2D eigenvalue weighted by atomic mass is 10.1. The maximum absolute atomic E-state index is 13.7. The predicted molar refractivity (Wildman–Crippen MR) is 72.2 cm³/mol. The first-order valence-electron chi connectivity index (χ1n) is 6.13. The summed E-state index contributed by atoms with van der Waals surface area (Å²) in [5.74, 6) is -1.22. The largest absolute Gasteiger partial charge is 0.462 e. The topological polar surface area (TPSA) is 86.5 Å². The number of hydrogen-bond donors (Lipinski definition) is 1. The third-order valence-electron chi connectivity index (χ3n) is 2.77. The summed E-state index contributed by atoms with van der Waals surface area (Å²) >= 11 is 0. The van der Waals surface area contributed by atoms with Gasteiger partial charge in [-0.25, -0.2) is 22.7 Å². The van der Waals surface area contributed by atoms with E-state index >= 15 is 0 Å². The number of rotatable bonds is 5. The highest BCUT2D eigenvalue weighted by Crippen LogP contribution is 2.20. The van der Waals surface area contributed by atoms with Crippen molar-refractivity contribution in [2.24, 2.45) is 11.1 Å². The average molecular weight is 303 g/mol. The zero-order valence-corrected chi connectivity index (χ0v) is 12.5. The van der Waals surface area contributed by atoms with Crippen LogP contribution in [0.15, 0.2) is 17.0 Å². The van der Waals surface area contributed by atoms with Gasteiger partial charge >= 0.3 is 5.97 Å². The van der Waals surface area contributed by atoms with Crippen LogP contribution in [0.25, 0.3) is 0 Å². The van der Waals surface area contributed by atoms with Crippen LogP contribution in [0.1, 0.15) is 36.2 Å². The van der Waals surface area contributed by atoms with Gasteiger partial charge in [0.05, 0.1) is 17.1 Å². The van der Waals surface area contributed by atoms with E-state index in [0.29, 0.717) is 12.3 Å². The van der Waals surface area contributed by atoms with Gasteiger partial charge in [0.25, 0.3) is 0 Å². The Morgan fingerprint density at radius 1 is 1.40 bits per heavy atom. The minimum absolute atomic E-state index is 0.119. The Balaban J connectivity index is 3.03. The number of carbonyl (C=O) groups is 1. The molecule has 0 bridgehead atoms. The Kier molecular flexibility index (Phi) is 5.24. The lowest BCUT2D eigenvalue weighted by Gasteiger charge is -2.10. The number of hydrogen-bond acceptors (Lipinski definition) is 4. The standard InChI is InChI=1S/C13H18FNO4S/c1-8(2)4-5-19-13(16)10-6-11(14)9(3)12(7-10)20(15,17)18/h6-8H,4-5H2,1-3H3,(H2,15,17,18). The third-order valence-corrected chi connectivity index (χ3v) is 3.80. The van der Waals surface area contributed by atoms with Crippen LogP contribution in [-0.4, -0.2) is 21.0 Å². The third kappa shape index (κ3) is 4.28. The average Bonchev–Trinajstić information content (AvgIpc) is 2.30. The fourth-order valence-corrected chi connectivity index (χ4v) is 2.35. The summed E-state index contributed by atoms with van der Waals surface area (Å²) in [5.41, 5.74) is -0.285. The molecular weight excluding hydrogens is 285 g/mol. The van der Waals surface area contributed by atoms with Gasteiger partial charge in [0.15, 0.2) is 0 Å². The van der Waals surface area contributed by atoms with Crippen LogP contribution in [0.5, 0.6) is 0 Å². The van der Waals surface area contributed by atoms with Crippen LogP contribution in [0.4, 0.5) is 4.39 Å². The molecule has 0 fully saturated rings. The summed E-state index contributed by atoms with van der Waals surface area (Å²) in [6.45, 7) is 5.41. The van der Waals surface area contributed by atoms with E-state index in [9.17, 15) is 17.6 Å². The first-order valence-corrected chi connectivity index (χ1v) is 7.67. The summed E-state index contributed by atoms with van der Waals surface area (Å²) < 4.78 is 41.3. The number of primary sulfonamides is 1. The Hall–Kier alpha value is -1.47. The lowest BCUT2D eigenvalue weighted by molar-refractivity contribution is 0.0487. The van der Waals surface area contributed by atoms with Crippen molar-refractivity contribution >= 4 is 16.0 Å². The summed E-state index contributed by atoms with van der Waals surface area (Å²) in [7, 11) is -4.09. The van der Waals surface area contributed by atoms with E-state index in [1.54, 1.807) is 0 Å². The monoisotopic (exact) mass is 303 g/mol. The first kappa shape index (κ1) is 16.6. The van der Waals surface area contributed by atoms with Crippen LogP contribution < -0.4 is 5.14 Å². The SMILES string of the molecule is Cc1c(F)cc(C(=O)OCCC(C)C)cc1S(N)(=O)=O. The normalized spacial score (nSPS) is 11.7. The molecule has 0 saturated heterocycles. The number of nitrogens with two attached hydrogens (primary N) is 1. The first-order chi connectivity index (χ1) is 9.12. The van der Waals surface area contributed by atoms with E-state index in [0.717, 1.165) is 12.1 Å². The molecule has 1 aromatic rings. The van der Waals surface area contributed by atoms with Crippen molar-refractivity contribution in [1.82, 2.24) is 0 Å². The van der Waals surface area contributed by atoms with E-state index in [2.05, 4.69) is 0 Å². The van der Waals surface area contributed by atoms with Crippen molar-refractivity contribution in [3.8, 4) is 0 Å². The Morgan fingerprint density at radius 2 is 2.00 bits per heavy atom. The van der Waals surface area contributed by atoms with Crippen LogP contribution in [0.2, 0.25) is 0 Å². The zero-order valence-electron chi connectivity index (χ0n) is 11.6. The smallest absolute Gasteiger partial charge is 0.338 e. The number of sulfonamides is 1. The van der Waals surface area contributed by atoms with Crippen LogP contribution in [0, 0.1) is 18.7 Å². The van der Waals surface area contributed by atoms with Gasteiger partial charge in [-0.05, 0) is 31.4 Å². The molecule has 1 aromatic carbocycles. The molecule has 0 atom stereocenters. The van der Waals surface area contributed by atoms with Crippen molar-refractivity contribution in [3.63, 3.8) is 0 Å². The predicted octanol–water partition coefficient (Wildman–Crippen LogP) is 1.98. The van der Waals surface area contributed by atoms with Gasteiger partial charge < -0.3 is 4.74 Å². The fraction of sp³-hybridized carbons (Fsp3) is 0.462. The molecule has 0 aliphatic heterocycles. The fourth-order valence-electron chi connectivity index (χ4n) is 1.54. The summed E-state index contributed by atoms with van der Waals surface area (Å²) in [5, 5.41) is 4.99. The van der Waals surface area contributed by atoms with Crippen LogP contribution in [0.3, 0.4) is 0 Å². The Bertz CT molecular complexity index is 611. The number of esters is 1. The molecule has 0 saturated carbocycles. The van der Waals surface area contributed by atoms with Gasteiger partial charge in [0, 0.05) is 5.56 Å². The summed E-state index contributed by atoms with van der Waals surface area (Å²) in [6, 6.07) is 1.98. The number of ether oxygens (including phenoxy) is 1. The molecular formula is C13H18FNO4S. The molecule has 20 heavy (non-hydrogen) atoms. The molecule has 0 amide bonds. The molecule has 7 heteroatoms. The van der Waals surface area contributed by atoms with E-state index in [4.69, 9.17) is 9.88 Å². The Labute approximate surface area is 118 Å². The van der Waals surface area contributed by atoms with Gasteiger partial charge in [-0.15, -0.1) is 0 Å².